The van der Waals surface area contributed by atoms with Gasteiger partial charge in [-0.05, 0) is 30.3 Å². The predicted molar refractivity (Wildman–Crippen MR) is 82.8 cm³/mol. The van der Waals surface area contributed by atoms with Gasteiger partial charge >= 0.3 is 0 Å². The summed E-state index contributed by atoms with van der Waals surface area (Å²) >= 11 is 17.6. The molecule has 0 fully saturated rings. The lowest BCUT2D eigenvalue weighted by Gasteiger charge is -2.09. The maximum absolute atomic E-state index is 12.0. The van der Waals surface area contributed by atoms with E-state index in [0.717, 1.165) is 0 Å². The summed E-state index contributed by atoms with van der Waals surface area (Å²) in [7, 11) is 0. The summed E-state index contributed by atoms with van der Waals surface area (Å²) < 4.78 is 0. The van der Waals surface area contributed by atoms with Crippen LogP contribution in [-0.4, -0.2) is 11.8 Å². The molecule has 7 heteroatoms. The molecule has 0 saturated carbocycles. The van der Waals surface area contributed by atoms with Crippen LogP contribution in [0.3, 0.4) is 0 Å². The molecule has 0 atom stereocenters. The smallest absolute Gasteiger partial charge is 0.267 e. The number of hydrogen-bond donors (Lipinski definition) is 2. The molecule has 0 aromatic heterocycles. The summed E-state index contributed by atoms with van der Waals surface area (Å²) in [4.78, 5) is 23.8. The van der Waals surface area contributed by atoms with E-state index in [-0.39, 0.29) is 15.6 Å². The molecular formula is C14H9Cl3N2O2. The number of hydrogen-bond acceptors (Lipinski definition) is 2. The molecule has 0 bridgehead atoms. The van der Waals surface area contributed by atoms with Crippen molar-refractivity contribution in [2.24, 2.45) is 0 Å². The number of benzene rings is 2. The molecule has 2 amide bonds. The molecule has 21 heavy (non-hydrogen) atoms. The van der Waals surface area contributed by atoms with E-state index in [1.807, 2.05) is 0 Å². The maximum atomic E-state index is 12.0. The van der Waals surface area contributed by atoms with Crippen LogP contribution in [0, 0.1) is 0 Å². The van der Waals surface area contributed by atoms with Crippen molar-refractivity contribution in [3.63, 3.8) is 0 Å². The molecule has 2 rings (SSSR count). The van der Waals surface area contributed by atoms with Gasteiger partial charge in [-0.25, -0.2) is 0 Å². The van der Waals surface area contributed by atoms with Crippen LogP contribution in [0.1, 0.15) is 20.7 Å². The van der Waals surface area contributed by atoms with E-state index < -0.39 is 11.8 Å². The lowest BCUT2D eigenvalue weighted by atomic mass is 10.2. The third kappa shape index (κ3) is 3.88. The monoisotopic (exact) mass is 342 g/mol. The minimum absolute atomic E-state index is 0.0900. The quantitative estimate of drug-likeness (QED) is 0.817. The topological polar surface area (TPSA) is 58.2 Å². The van der Waals surface area contributed by atoms with Gasteiger partial charge in [0.2, 0.25) is 0 Å². The Morgan fingerprint density at radius 3 is 2.00 bits per heavy atom. The molecule has 0 saturated heterocycles. The molecule has 0 unspecified atom stereocenters. The zero-order valence-corrected chi connectivity index (χ0v) is 12.8. The van der Waals surface area contributed by atoms with Crippen molar-refractivity contribution < 1.29 is 9.59 Å². The van der Waals surface area contributed by atoms with Crippen LogP contribution in [0.2, 0.25) is 15.1 Å². The molecule has 0 radical (unpaired) electrons. The van der Waals surface area contributed by atoms with Gasteiger partial charge in [0, 0.05) is 10.6 Å². The van der Waals surface area contributed by atoms with Gasteiger partial charge in [0.05, 0.1) is 15.6 Å². The Hall–Kier alpha value is -1.75. The highest BCUT2D eigenvalue weighted by atomic mass is 35.5. The van der Waals surface area contributed by atoms with Crippen LogP contribution < -0.4 is 10.9 Å². The second-order valence-corrected chi connectivity index (χ2v) is 5.27. The minimum atomic E-state index is -0.610. The third-order valence-corrected chi connectivity index (χ3v) is 3.43. The van der Waals surface area contributed by atoms with E-state index >= 15 is 0 Å². The normalized spacial score (nSPS) is 10.0. The molecule has 0 aliphatic rings. The molecule has 2 aromatic rings. The Labute approximate surface area is 136 Å². The van der Waals surface area contributed by atoms with E-state index in [9.17, 15) is 9.59 Å². The largest absolute Gasteiger partial charge is 0.272 e. The van der Waals surface area contributed by atoms with Crippen LogP contribution in [0.25, 0.3) is 0 Å². The van der Waals surface area contributed by atoms with Crippen molar-refractivity contribution in [1.29, 1.82) is 0 Å². The highest BCUT2D eigenvalue weighted by Crippen LogP contribution is 2.23. The summed E-state index contributed by atoms with van der Waals surface area (Å²) in [5.74, 6) is -1.12. The lowest BCUT2D eigenvalue weighted by Crippen LogP contribution is -2.41. The minimum Gasteiger partial charge on any atom is -0.267 e. The van der Waals surface area contributed by atoms with Crippen molar-refractivity contribution >= 4 is 46.6 Å². The number of halogens is 3. The second kappa shape index (κ2) is 6.80. The van der Waals surface area contributed by atoms with Gasteiger partial charge in [-0.3, -0.25) is 20.4 Å². The molecule has 0 spiro atoms. The number of hydrazine groups is 1. The first-order valence-electron chi connectivity index (χ1n) is 5.79. The van der Waals surface area contributed by atoms with Crippen LogP contribution in [0.15, 0.2) is 42.5 Å². The van der Waals surface area contributed by atoms with E-state index in [2.05, 4.69) is 10.9 Å². The molecule has 2 aromatic carbocycles. The van der Waals surface area contributed by atoms with Gasteiger partial charge in [-0.2, -0.15) is 0 Å². The van der Waals surface area contributed by atoms with Crippen molar-refractivity contribution in [1.82, 2.24) is 10.9 Å². The van der Waals surface area contributed by atoms with Crippen molar-refractivity contribution in [2.75, 3.05) is 0 Å². The highest BCUT2D eigenvalue weighted by molar-refractivity contribution is 6.39. The number of carbonyl (C=O) groups excluding carboxylic acids is 2. The molecule has 0 aliphatic heterocycles. The summed E-state index contributed by atoms with van der Waals surface area (Å²) in [5.41, 5.74) is 4.92. The number of carbonyl (C=O) groups is 2. The fourth-order valence-corrected chi connectivity index (χ4v) is 2.35. The zero-order chi connectivity index (χ0) is 15.4. The van der Waals surface area contributed by atoms with E-state index in [4.69, 9.17) is 34.8 Å². The Bertz CT molecular complexity index is 684. The molecule has 4 nitrogen and oxygen atoms in total. The number of rotatable bonds is 2. The van der Waals surface area contributed by atoms with Crippen molar-refractivity contribution in [2.45, 2.75) is 0 Å². The van der Waals surface area contributed by atoms with E-state index in [0.29, 0.717) is 10.6 Å². The van der Waals surface area contributed by atoms with Crippen LogP contribution in [-0.2, 0) is 0 Å². The van der Waals surface area contributed by atoms with Crippen LogP contribution >= 0.6 is 34.8 Å². The van der Waals surface area contributed by atoms with Gasteiger partial charge in [-0.15, -0.1) is 0 Å². The van der Waals surface area contributed by atoms with Gasteiger partial charge in [-0.1, -0.05) is 46.9 Å². The van der Waals surface area contributed by atoms with Crippen LogP contribution in [0.5, 0.6) is 0 Å². The average molecular weight is 344 g/mol. The summed E-state index contributed by atoms with van der Waals surface area (Å²) in [6, 6.07) is 11.0. The number of nitrogens with one attached hydrogen (secondary N) is 2. The first kappa shape index (κ1) is 15.6. The third-order valence-electron chi connectivity index (χ3n) is 2.57. The summed E-state index contributed by atoms with van der Waals surface area (Å²) in [5, 5.41) is 0.803. The predicted octanol–water partition coefficient (Wildman–Crippen LogP) is 3.72. The second-order valence-electron chi connectivity index (χ2n) is 4.02. The zero-order valence-electron chi connectivity index (χ0n) is 10.5. The Morgan fingerprint density at radius 2 is 1.38 bits per heavy atom. The van der Waals surface area contributed by atoms with E-state index in [1.165, 1.54) is 18.2 Å². The lowest BCUT2D eigenvalue weighted by molar-refractivity contribution is 0.0847. The van der Waals surface area contributed by atoms with Crippen molar-refractivity contribution in [3.05, 3.63) is 68.7 Å². The van der Waals surface area contributed by atoms with Gasteiger partial charge in [0.15, 0.2) is 0 Å². The van der Waals surface area contributed by atoms with E-state index in [1.54, 1.807) is 24.3 Å². The van der Waals surface area contributed by atoms with Gasteiger partial charge in [0.1, 0.15) is 0 Å². The van der Waals surface area contributed by atoms with Gasteiger partial charge in [0.25, 0.3) is 11.8 Å². The SMILES string of the molecule is O=C(NNC(=O)c1c(Cl)cccc1Cl)c1cccc(Cl)c1. The highest BCUT2D eigenvalue weighted by Gasteiger charge is 2.15. The first-order chi connectivity index (χ1) is 9.99. The molecule has 2 N–H and O–H groups in total. The number of amides is 2. The fraction of sp³-hybridized carbons (Fsp3) is 0. The summed E-state index contributed by atoms with van der Waals surface area (Å²) in [6.07, 6.45) is 0. The Morgan fingerprint density at radius 1 is 0.810 bits per heavy atom. The van der Waals surface area contributed by atoms with Crippen LogP contribution in [0.4, 0.5) is 0 Å². The molecule has 108 valence electrons. The standard InChI is InChI=1S/C14H9Cl3N2O2/c15-9-4-1-3-8(7-9)13(20)18-19-14(21)12-10(16)5-2-6-11(12)17/h1-7H,(H,18,20)(H,19,21). The fourth-order valence-electron chi connectivity index (χ4n) is 1.59. The molecule has 0 heterocycles. The Kier molecular flexibility index (Phi) is 5.07. The molecule has 0 aliphatic carbocycles. The Balaban J connectivity index is 2.06. The van der Waals surface area contributed by atoms with Gasteiger partial charge < -0.3 is 0 Å². The summed E-state index contributed by atoms with van der Waals surface area (Å²) in [6.45, 7) is 0. The molecular weight excluding hydrogens is 335 g/mol. The van der Waals surface area contributed by atoms with Crippen molar-refractivity contribution in [3.8, 4) is 0 Å². The average Bonchev–Trinajstić information content (AvgIpc) is 2.44. The first-order valence-corrected chi connectivity index (χ1v) is 6.92. The maximum Gasteiger partial charge on any atom is 0.272 e.